The molecule has 0 aliphatic carbocycles. The van der Waals surface area contributed by atoms with Gasteiger partial charge in [0.2, 0.25) is 5.95 Å². The molecule has 0 radical (unpaired) electrons. The van der Waals surface area contributed by atoms with Crippen LogP contribution in [0.5, 0.6) is 0 Å². The van der Waals surface area contributed by atoms with Gasteiger partial charge < -0.3 is 5.32 Å². The fourth-order valence-corrected chi connectivity index (χ4v) is 2.71. The molecule has 1 N–H and O–H groups in total. The quantitative estimate of drug-likeness (QED) is 0.719. The van der Waals surface area contributed by atoms with Crippen molar-refractivity contribution < 1.29 is 0 Å². The molecule has 0 saturated carbocycles. The molecule has 5 heteroatoms. The predicted octanol–water partition coefficient (Wildman–Crippen LogP) is 4.12. The summed E-state index contributed by atoms with van der Waals surface area (Å²) in [5.41, 5.74) is 2.05. The molecule has 0 spiro atoms. The first-order valence-electron chi connectivity index (χ1n) is 6.84. The molecule has 0 unspecified atom stereocenters. The second kappa shape index (κ2) is 6.45. The SMILES string of the molecule is CCSc1nnc(Nc2ccccc2)n1-c1ccccc1. The highest BCUT2D eigenvalue weighted by molar-refractivity contribution is 7.99. The van der Waals surface area contributed by atoms with E-state index in [1.165, 1.54) is 0 Å². The van der Waals surface area contributed by atoms with Crippen molar-refractivity contribution in [3.8, 4) is 5.69 Å². The van der Waals surface area contributed by atoms with Gasteiger partial charge in [0, 0.05) is 5.69 Å². The Hall–Kier alpha value is -2.27. The zero-order chi connectivity index (χ0) is 14.5. The molecular weight excluding hydrogens is 280 g/mol. The van der Waals surface area contributed by atoms with Crippen molar-refractivity contribution in [3.63, 3.8) is 0 Å². The van der Waals surface area contributed by atoms with Gasteiger partial charge in [0.15, 0.2) is 5.16 Å². The van der Waals surface area contributed by atoms with Crippen molar-refractivity contribution in [1.82, 2.24) is 14.8 Å². The van der Waals surface area contributed by atoms with E-state index in [4.69, 9.17) is 0 Å². The van der Waals surface area contributed by atoms with Gasteiger partial charge >= 0.3 is 0 Å². The van der Waals surface area contributed by atoms with Gasteiger partial charge in [-0.1, -0.05) is 55.1 Å². The van der Waals surface area contributed by atoms with Gasteiger partial charge in [0.05, 0.1) is 5.69 Å². The van der Waals surface area contributed by atoms with Gasteiger partial charge in [-0.2, -0.15) is 0 Å². The van der Waals surface area contributed by atoms with Gasteiger partial charge in [-0.05, 0) is 30.0 Å². The molecule has 3 rings (SSSR count). The van der Waals surface area contributed by atoms with Gasteiger partial charge in [-0.15, -0.1) is 10.2 Å². The monoisotopic (exact) mass is 296 g/mol. The Kier molecular flexibility index (Phi) is 4.21. The first kappa shape index (κ1) is 13.7. The Morgan fingerprint density at radius 2 is 1.62 bits per heavy atom. The normalized spacial score (nSPS) is 10.5. The number of aromatic nitrogens is 3. The third-order valence-corrected chi connectivity index (χ3v) is 3.76. The Morgan fingerprint density at radius 1 is 0.952 bits per heavy atom. The van der Waals surface area contributed by atoms with E-state index in [2.05, 4.69) is 34.6 Å². The number of nitrogens with zero attached hydrogens (tertiary/aromatic N) is 3. The highest BCUT2D eigenvalue weighted by Crippen LogP contribution is 2.26. The summed E-state index contributed by atoms with van der Waals surface area (Å²) in [5, 5.41) is 12.8. The maximum atomic E-state index is 4.29. The number of rotatable bonds is 5. The Bertz CT molecular complexity index is 695. The maximum Gasteiger partial charge on any atom is 0.234 e. The molecule has 2 aromatic carbocycles. The highest BCUT2D eigenvalue weighted by Gasteiger charge is 2.13. The number of hydrogen-bond donors (Lipinski definition) is 1. The van der Waals surface area contributed by atoms with Crippen LogP contribution in [-0.4, -0.2) is 20.5 Å². The van der Waals surface area contributed by atoms with Crippen LogP contribution in [0.1, 0.15) is 6.92 Å². The second-order valence-corrected chi connectivity index (χ2v) is 5.63. The number of para-hydroxylation sites is 2. The Labute approximate surface area is 128 Å². The molecular formula is C16H16N4S. The van der Waals surface area contributed by atoms with E-state index in [1.807, 2.05) is 53.1 Å². The fourth-order valence-electron chi connectivity index (χ4n) is 2.03. The smallest absolute Gasteiger partial charge is 0.234 e. The number of anilines is 2. The topological polar surface area (TPSA) is 42.7 Å². The van der Waals surface area contributed by atoms with Crippen LogP contribution in [0.15, 0.2) is 65.8 Å². The zero-order valence-electron chi connectivity index (χ0n) is 11.7. The lowest BCUT2D eigenvalue weighted by Gasteiger charge is -2.10. The van der Waals surface area contributed by atoms with Crippen molar-refractivity contribution in [1.29, 1.82) is 0 Å². The lowest BCUT2D eigenvalue weighted by Crippen LogP contribution is -2.02. The minimum atomic E-state index is 0.725. The molecule has 21 heavy (non-hydrogen) atoms. The summed E-state index contributed by atoms with van der Waals surface area (Å²) in [6.45, 7) is 2.11. The summed E-state index contributed by atoms with van der Waals surface area (Å²) in [7, 11) is 0. The van der Waals surface area contributed by atoms with E-state index >= 15 is 0 Å². The summed E-state index contributed by atoms with van der Waals surface area (Å²) < 4.78 is 2.04. The van der Waals surface area contributed by atoms with Gasteiger partial charge in [0.25, 0.3) is 0 Å². The van der Waals surface area contributed by atoms with Gasteiger partial charge in [-0.25, -0.2) is 0 Å². The maximum absolute atomic E-state index is 4.29. The highest BCUT2D eigenvalue weighted by atomic mass is 32.2. The first-order chi connectivity index (χ1) is 10.4. The van der Waals surface area contributed by atoms with Crippen LogP contribution < -0.4 is 5.32 Å². The minimum Gasteiger partial charge on any atom is -0.324 e. The fraction of sp³-hybridized carbons (Fsp3) is 0.125. The summed E-state index contributed by atoms with van der Waals surface area (Å²) in [6, 6.07) is 20.1. The number of thioether (sulfide) groups is 1. The molecule has 106 valence electrons. The number of nitrogens with one attached hydrogen (secondary N) is 1. The van der Waals surface area contributed by atoms with Crippen molar-refractivity contribution in [2.75, 3.05) is 11.1 Å². The standard InChI is InChI=1S/C16H16N4S/c1-2-21-16-19-18-15(17-13-9-5-3-6-10-13)20(16)14-11-7-4-8-12-14/h3-12H,2H2,1H3,(H,17,18). The van der Waals surface area contributed by atoms with Crippen LogP contribution in [-0.2, 0) is 0 Å². The Balaban J connectivity index is 2.01. The summed E-state index contributed by atoms with van der Waals surface area (Å²) in [6.07, 6.45) is 0. The largest absolute Gasteiger partial charge is 0.324 e. The molecule has 0 bridgehead atoms. The van der Waals surface area contributed by atoms with Crippen molar-refractivity contribution in [2.24, 2.45) is 0 Å². The van der Waals surface area contributed by atoms with Crippen LogP contribution in [0.4, 0.5) is 11.6 Å². The average molecular weight is 296 g/mol. The first-order valence-corrected chi connectivity index (χ1v) is 7.82. The average Bonchev–Trinajstić information content (AvgIpc) is 2.92. The second-order valence-electron chi connectivity index (χ2n) is 4.40. The van der Waals surface area contributed by atoms with Gasteiger partial charge in [-0.3, -0.25) is 4.57 Å². The summed E-state index contributed by atoms with van der Waals surface area (Å²) in [4.78, 5) is 0. The molecule has 0 aliphatic rings. The molecule has 0 fully saturated rings. The summed E-state index contributed by atoms with van der Waals surface area (Å²) >= 11 is 1.68. The number of benzene rings is 2. The van der Waals surface area contributed by atoms with Crippen LogP contribution in [0.2, 0.25) is 0 Å². The van der Waals surface area contributed by atoms with Crippen LogP contribution in [0.3, 0.4) is 0 Å². The molecule has 0 saturated heterocycles. The zero-order valence-corrected chi connectivity index (χ0v) is 12.5. The van der Waals surface area contributed by atoms with Crippen molar-refractivity contribution >= 4 is 23.4 Å². The molecule has 1 heterocycles. The molecule has 0 aliphatic heterocycles. The molecule has 0 atom stereocenters. The number of hydrogen-bond acceptors (Lipinski definition) is 4. The minimum absolute atomic E-state index is 0.725. The molecule has 3 aromatic rings. The van der Waals surface area contributed by atoms with E-state index in [0.717, 1.165) is 28.2 Å². The van der Waals surface area contributed by atoms with E-state index in [1.54, 1.807) is 11.8 Å². The lowest BCUT2D eigenvalue weighted by atomic mass is 10.3. The van der Waals surface area contributed by atoms with Crippen LogP contribution in [0, 0.1) is 0 Å². The summed E-state index contributed by atoms with van der Waals surface area (Å²) in [5.74, 6) is 1.68. The predicted molar refractivity (Wildman–Crippen MR) is 87.5 cm³/mol. The van der Waals surface area contributed by atoms with E-state index in [-0.39, 0.29) is 0 Å². The van der Waals surface area contributed by atoms with E-state index < -0.39 is 0 Å². The van der Waals surface area contributed by atoms with Crippen molar-refractivity contribution in [2.45, 2.75) is 12.1 Å². The third-order valence-electron chi connectivity index (χ3n) is 2.95. The van der Waals surface area contributed by atoms with Crippen LogP contribution in [0.25, 0.3) is 5.69 Å². The third kappa shape index (κ3) is 3.08. The Morgan fingerprint density at radius 3 is 2.29 bits per heavy atom. The van der Waals surface area contributed by atoms with Crippen molar-refractivity contribution in [3.05, 3.63) is 60.7 Å². The van der Waals surface area contributed by atoms with E-state index in [0.29, 0.717) is 0 Å². The van der Waals surface area contributed by atoms with Crippen LogP contribution >= 0.6 is 11.8 Å². The molecule has 1 aromatic heterocycles. The molecule has 4 nitrogen and oxygen atoms in total. The van der Waals surface area contributed by atoms with Gasteiger partial charge in [0.1, 0.15) is 0 Å². The van der Waals surface area contributed by atoms with E-state index in [9.17, 15) is 0 Å². The molecule has 0 amide bonds. The lowest BCUT2D eigenvalue weighted by molar-refractivity contribution is 0.887.